The smallest absolute Gasteiger partial charge is 0.305 e. The molecule has 0 aliphatic rings. The van der Waals surface area contributed by atoms with Crippen LogP contribution in [0.3, 0.4) is 0 Å². The zero-order valence-electron chi connectivity index (χ0n) is 13.2. The van der Waals surface area contributed by atoms with Gasteiger partial charge in [0.25, 0.3) is 5.91 Å². The Hall–Kier alpha value is -2.32. The Labute approximate surface area is 142 Å². The van der Waals surface area contributed by atoms with Gasteiger partial charge in [-0.15, -0.1) is 11.3 Å². The molecule has 1 aromatic carbocycles. The number of aryl methyl sites for hydroxylation is 1. The van der Waals surface area contributed by atoms with Gasteiger partial charge < -0.3 is 15.2 Å². The second kappa shape index (κ2) is 7.98. The Morgan fingerprint density at radius 1 is 1.38 bits per heavy atom. The van der Waals surface area contributed by atoms with Gasteiger partial charge in [0.1, 0.15) is 15.7 Å². The molecule has 1 amide bonds. The molecule has 1 heterocycles. The molecule has 1 atom stereocenters. The standard InChI is InChI=1S/C16H17FN2O4S/c1-9-15(24-13(18-9)8-23-2)16(22)19-12(7-14(20)21)10-3-5-11(17)6-4-10/h3-6,12H,7-8H2,1-2H3,(H,19,22)(H,20,21). The first kappa shape index (κ1) is 18.0. The Balaban J connectivity index is 2.20. The summed E-state index contributed by atoms with van der Waals surface area (Å²) in [5.74, 6) is -1.91. The monoisotopic (exact) mass is 352 g/mol. The summed E-state index contributed by atoms with van der Waals surface area (Å²) in [6.45, 7) is 2.00. The molecule has 0 aliphatic heterocycles. The highest BCUT2D eigenvalue weighted by Crippen LogP contribution is 2.22. The average molecular weight is 352 g/mol. The zero-order valence-corrected chi connectivity index (χ0v) is 14.0. The number of carboxylic acid groups (broad SMARTS) is 1. The number of halogens is 1. The summed E-state index contributed by atoms with van der Waals surface area (Å²) < 4.78 is 18.0. The molecule has 8 heteroatoms. The van der Waals surface area contributed by atoms with E-state index in [1.165, 1.54) is 42.7 Å². The number of carboxylic acids is 1. The first-order chi connectivity index (χ1) is 11.4. The topological polar surface area (TPSA) is 88.5 Å². The van der Waals surface area contributed by atoms with Gasteiger partial charge in [-0.3, -0.25) is 9.59 Å². The van der Waals surface area contributed by atoms with Crippen molar-refractivity contribution in [1.29, 1.82) is 0 Å². The van der Waals surface area contributed by atoms with Gasteiger partial charge in [0.2, 0.25) is 0 Å². The number of nitrogens with zero attached hydrogens (tertiary/aromatic N) is 1. The van der Waals surface area contributed by atoms with Crippen molar-refractivity contribution < 1.29 is 23.8 Å². The maximum atomic E-state index is 13.0. The van der Waals surface area contributed by atoms with Gasteiger partial charge in [0.05, 0.1) is 24.8 Å². The first-order valence-electron chi connectivity index (χ1n) is 7.14. The van der Waals surface area contributed by atoms with E-state index < -0.39 is 23.7 Å². The molecule has 2 rings (SSSR count). The summed E-state index contributed by atoms with van der Waals surface area (Å²) in [5.41, 5.74) is 1.07. The summed E-state index contributed by atoms with van der Waals surface area (Å²) >= 11 is 1.20. The number of amides is 1. The number of rotatable bonds is 7. The molecule has 0 saturated heterocycles. The summed E-state index contributed by atoms with van der Waals surface area (Å²) in [6, 6.07) is 4.61. The molecular formula is C16H17FN2O4S. The zero-order chi connectivity index (χ0) is 17.7. The maximum absolute atomic E-state index is 13.0. The van der Waals surface area contributed by atoms with E-state index in [0.29, 0.717) is 27.7 Å². The molecule has 0 radical (unpaired) electrons. The van der Waals surface area contributed by atoms with Crippen LogP contribution >= 0.6 is 11.3 Å². The minimum absolute atomic E-state index is 0.301. The van der Waals surface area contributed by atoms with Crippen molar-refractivity contribution in [2.75, 3.05) is 7.11 Å². The Bertz CT molecular complexity index is 730. The van der Waals surface area contributed by atoms with Crippen LogP contribution in [-0.4, -0.2) is 29.1 Å². The quantitative estimate of drug-likeness (QED) is 0.800. The highest BCUT2D eigenvalue weighted by molar-refractivity contribution is 7.13. The summed E-state index contributed by atoms with van der Waals surface area (Å²) in [4.78, 5) is 28.2. The van der Waals surface area contributed by atoms with Crippen LogP contribution in [0.4, 0.5) is 4.39 Å². The molecule has 0 fully saturated rings. The lowest BCUT2D eigenvalue weighted by Crippen LogP contribution is -2.30. The first-order valence-corrected chi connectivity index (χ1v) is 7.95. The Kier molecular flexibility index (Phi) is 5.99. The predicted octanol–water partition coefficient (Wildman–Crippen LogP) is 2.68. The molecule has 2 N–H and O–H groups in total. The van der Waals surface area contributed by atoms with Gasteiger partial charge in [-0.1, -0.05) is 12.1 Å². The van der Waals surface area contributed by atoms with E-state index in [0.717, 1.165) is 0 Å². The number of carbonyl (C=O) groups excluding carboxylic acids is 1. The van der Waals surface area contributed by atoms with Crippen molar-refractivity contribution in [2.24, 2.45) is 0 Å². The molecule has 1 unspecified atom stereocenters. The van der Waals surface area contributed by atoms with Crippen LogP contribution in [0.15, 0.2) is 24.3 Å². The molecule has 0 saturated carbocycles. The highest BCUT2D eigenvalue weighted by atomic mass is 32.1. The fourth-order valence-electron chi connectivity index (χ4n) is 2.19. The minimum atomic E-state index is -1.06. The van der Waals surface area contributed by atoms with Crippen molar-refractivity contribution >= 4 is 23.2 Å². The molecule has 24 heavy (non-hydrogen) atoms. The molecule has 1 aromatic heterocycles. The van der Waals surface area contributed by atoms with Crippen LogP contribution < -0.4 is 5.32 Å². The number of nitrogens with one attached hydrogen (secondary N) is 1. The molecule has 128 valence electrons. The molecule has 0 bridgehead atoms. The van der Waals surface area contributed by atoms with Crippen molar-refractivity contribution in [2.45, 2.75) is 26.0 Å². The SMILES string of the molecule is COCc1nc(C)c(C(=O)NC(CC(=O)O)c2ccc(F)cc2)s1. The second-order valence-corrected chi connectivity index (χ2v) is 6.21. The van der Waals surface area contributed by atoms with E-state index in [1.54, 1.807) is 6.92 Å². The van der Waals surface area contributed by atoms with Crippen LogP contribution in [0.25, 0.3) is 0 Å². The normalized spacial score (nSPS) is 12.0. The molecule has 0 spiro atoms. The fourth-order valence-corrected chi connectivity index (χ4v) is 3.13. The van der Waals surface area contributed by atoms with Crippen LogP contribution in [0.5, 0.6) is 0 Å². The van der Waals surface area contributed by atoms with Gasteiger partial charge in [0, 0.05) is 7.11 Å². The summed E-state index contributed by atoms with van der Waals surface area (Å²) in [5, 5.41) is 12.4. The van der Waals surface area contributed by atoms with E-state index in [2.05, 4.69) is 10.3 Å². The Morgan fingerprint density at radius 3 is 2.62 bits per heavy atom. The molecule has 6 nitrogen and oxygen atoms in total. The Morgan fingerprint density at radius 2 is 2.04 bits per heavy atom. The third-order valence-corrected chi connectivity index (χ3v) is 4.40. The number of aliphatic carboxylic acids is 1. The highest BCUT2D eigenvalue weighted by Gasteiger charge is 2.22. The van der Waals surface area contributed by atoms with Crippen LogP contribution in [-0.2, 0) is 16.1 Å². The van der Waals surface area contributed by atoms with E-state index >= 15 is 0 Å². The molecule has 0 aliphatic carbocycles. The number of hydrogen-bond donors (Lipinski definition) is 2. The van der Waals surface area contributed by atoms with Gasteiger partial charge >= 0.3 is 5.97 Å². The van der Waals surface area contributed by atoms with Gasteiger partial charge in [-0.05, 0) is 24.6 Å². The number of methoxy groups -OCH3 is 1. The third-order valence-electron chi connectivity index (χ3n) is 3.27. The van der Waals surface area contributed by atoms with E-state index in [4.69, 9.17) is 9.84 Å². The van der Waals surface area contributed by atoms with Crippen LogP contribution in [0.1, 0.15) is 38.4 Å². The largest absolute Gasteiger partial charge is 0.481 e. The summed E-state index contributed by atoms with van der Waals surface area (Å²) in [6.07, 6.45) is -0.305. The van der Waals surface area contributed by atoms with E-state index in [1.807, 2.05) is 0 Å². The van der Waals surface area contributed by atoms with Gasteiger partial charge in [-0.2, -0.15) is 0 Å². The lowest BCUT2D eigenvalue weighted by molar-refractivity contribution is -0.137. The number of thiazole rings is 1. The van der Waals surface area contributed by atoms with Crippen molar-refractivity contribution in [3.8, 4) is 0 Å². The lowest BCUT2D eigenvalue weighted by atomic mass is 10.0. The average Bonchev–Trinajstić information content (AvgIpc) is 2.88. The minimum Gasteiger partial charge on any atom is -0.481 e. The summed E-state index contributed by atoms with van der Waals surface area (Å²) in [7, 11) is 1.54. The van der Waals surface area contributed by atoms with Gasteiger partial charge in [0.15, 0.2) is 0 Å². The van der Waals surface area contributed by atoms with E-state index in [9.17, 15) is 14.0 Å². The van der Waals surface area contributed by atoms with Crippen LogP contribution in [0.2, 0.25) is 0 Å². The number of aromatic nitrogens is 1. The number of hydrogen-bond acceptors (Lipinski definition) is 5. The second-order valence-electron chi connectivity index (χ2n) is 5.13. The van der Waals surface area contributed by atoms with Crippen molar-refractivity contribution in [1.82, 2.24) is 10.3 Å². The number of benzene rings is 1. The molecular weight excluding hydrogens is 335 g/mol. The maximum Gasteiger partial charge on any atom is 0.305 e. The van der Waals surface area contributed by atoms with Gasteiger partial charge in [-0.25, -0.2) is 9.37 Å². The van der Waals surface area contributed by atoms with E-state index in [-0.39, 0.29) is 6.42 Å². The fraction of sp³-hybridized carbons (Fsp3) is 0.312. The predicted molar refractivity (Wildman–Crippen MR) is 86.4 cm³/mol. The third kappa shape index (κ3) is 4.59. The number of carbonyl (C=O) groups is 2. The van der Waals surface area contributed by atoms with Crippen LogP contribution in [0, 0.1) is 12.7 Å². The van der Waals surface area contributed by atoms with Crippen molar-refractivity contribution in [3.05, 3.63) is 51.2 Å². The number of ether oxygens (including phenoxy) is 1. The van der Waals surface area contributed by atoms with Crippen molar-refractivity contribution in [3.63, 3.8) is 0 Å². The lowest BCUT2D eigenvalue weighted by Gasteiger charge is -2.17. The molecule has 2 aromatic rings.